The van der Waals surface area contributed by atoms with E-state index in [4.69, 9.17) is 0 Å². The van der Waals surface area contributed by atoms with Crippen LogP contribution in [-0.4, -0.2) is 12.0 Å². The number of rotatable bonds is 4. The first-order valence-corrected chi connectivity index (χ1v) is 5.81. The summed E-state index contributed by atoms with van der Waals surface area (Å²) in [6, 6.07) is 10.4. The number of hydrogen-bond acceptors (Lipinski definition) is 3. The van der Waals surface area contributed by atoms with E-state index in [1.54, 1.807) is 6.20 Å². The second kappa shape index (κ2) is 5.34. The SMILES string of the molecule is CCc1ccccc1Nc1cncc(NC)c1. The Hall–Kier alpha value is -2.03. The topological polar surface area (TPSA) is 37.0 Å². The van der Waals surface area contributed by atoms with E-state index in [0.29, 0.717) is 0 Å². The molecule has 2 aromatic rings. The zero-order valence-corrected chi connectivity index (χ0v) is 10.2. The van der Waals surface area contributed by atoms with E-state index in [1.807, 2.05) is 25.4 Å². The number of aryl methyl sites for hydroxylation is 1. The molecule has 0 atom stereocenters. The molecule has 0 fully saturated rings. The number of benzene rings is 1. The molecule has 1 aromatic heterocycles. The van der Waals surface area contributed by atoms with Gasteiger partial charge < -0.3 is 10.6 Å². The summed E-state index contributed by atoms with van der Waals surface area (Å²) in [7, 11) is 1.89. The number of anilines is 3. The van der Waals surface area contributed by atoms with Crippen LogP contribution >= 0.6 is 0 Å². The maximum atomic E-state index is 4.18. The summed E-state index contributed by atoms with van der Waals surface area (Å²) in [4.78, 5) is 4.18. The fourth-order valence-electron chi connectivity index (χ4n) is 1.75. The molecule has 0 saturated carbocycles. The Bertz CT molecular complexity index is 494. The minimum Gasteiger partial charge on any atom is -0.387 e. The lowest BCUT2D eigenvalue weighted by atomic mass is 10.1. The summed E-state index contributed by atoms with van der Waals surface area (Å²) in [5.41, 5.74) is 4.45. The van der Waals surface area contributed by atoms with Gasteiger partial charge in [0.2, 0.25) is 0 Å². The maximum Gasteiger partial charge on any atom is 0.0591 e. The third-order valence-electron chi connectivity index (χ3n) is 2.70. The van der Waals surface area contributed by atoms with E-state index in [2.05, 4.69) is 40.7 Å². The van der Waals surface area contributed by atoms with Crippen molar-refractivity contribution in [1.82, 2.24) is 4.98 Å². The molecular weight excluding hydrogens is 210 g/mol. The van der Waals surface area contributed by atoms with Gasteiger partial charge in [0.25, 0.3) is 0 Å². The molecule has 0 amide bonds. The van der Waals surface area contributed by atoms with Crippen LogP contribution in [0.3, 0.4) is 0 Å². The number of nitrogens with zero attached hydrogens (tertiary/aromatic N) is 1. The number of pyridine rings is 1. The normalized spacial score (nSPS) is 10.0. The van der Waals surface area contributed by atoms with Crippen LogP contribution < -0.4 is 10.6 Å². The van der Waals surface area contributed by atoms with Crippen molar-refractivity contribution in [3.63, 3.8) is 0 Å². The third-order valence-corrected chi connectivity index (χ3v) is 2.70. The molecule has 0 radical (unpaired) electrons. The van der Waals surface area contributed by atoms with Gasteiger partial charge in [-0.3, -0.25) is 4.98 Å². The van der Waals surface area contributed by atoms with Crippen LogP contribution in [0.15, 0.2) is 42.7 Å². The van der Waals surface area contributed by atoms with Crippen molar-refractivity contribution in [1.29, 1.82) is 0 Å². The standard InChI is InChI=1S/C14H17N3/c1-3-11-6-4-5-7-14(11)17-13-8-12(15-2)9-16-10-13/h4-10,15,17H,3H2,1-2H3. The van der Waals surface area contributed by atoms with Crippen LogP contribution in [0.5, 0.6) is 0 Å². The molecule has 3 nitrogen and oxygen atoms in total. The average molecular weight is 227 g/mol. The summed E-state index contributed by atoms with van der Waals surface area (Å²) in [5.74, 6) is 0. The summed E-state index contributed by atoms with van der Waals surface area (Å²) in [5, 5.41) is 6.47. The molecule has 0 unspecified atom stereocenters. The van der Waals surface area contributed by atoms with E-state index in [9.17, 15) is 0 Å². The molecular formula is C14H17N3. The van der Waals surface area contributed by atoms with Gasteiger partial charge >= 0.3 is 0 Å². The van der Waals surface area contributed by atoms with E-state index in [-0.39, 0.29) is 0 Å². The Morgan fingerprint density at radius 1 is 1.12 bits per heavy atom. The molecule has 0 aliphatic rings. The summed E-state index contributed by atoms with van der Waals surface area (Å²) in [6.45, 7) is 2.16. The predicted octanol–water partition coefficient (Wildman–Crippen LogP) is 3.43. The molecule has 1 aromatic carbocycles. The summed E-state index contributed by atoms with van der Waals surface area (Å²) >= 11 is 0. The van der Waals surface area contributed by atoms with Crippen molar-refractivity contribution in [3.8, 4) is 0 Å². The van der Waals surface area contributed by atoms with Crippen LogP contribution in [0.2, 0.25) is 0 Å². The molecule has 88 valence electrons. The maximum absolute atomic E-state index is 4.18. The minimum atomic E-state index is 0.998. The smallest absolute Gasteiger partial charge is 0.0591 e. The highest BCUT2D eigenvalue weighted by Crippen LogP contribution is 2.22. The van der Waals surface area contributed by atoms with Gasteiger partial charge in [0.15, 0.2) is 0 Å². The summed E-state index contributed by atoms with van der Waals surface area (Å²) in [6.07, 6.45) is 4.65. The van der Waals surface area contributed by atoms with Gasteiger partial charge in [-0.05, 0) is 24.1 Å². The van der Waals surface area contributed by atoms with Crippen molar-refractivity contribution in [2.45, 2.75) is 13.3 Å². The molecule has 1 heterocycles. The summed E-state index contributed by atoms with van der Waals surface area (Å²) < 4.78 is 0. The average Bonchev–Trinajstić information content (AvgIpc) is 2.39. The molecule has 0 aliphatic carbocycles. The first kappa shape index (κ1) is 11.5. The lowest BCUT2D eigenvalue weighted by Gasteiger charge is -2.11. The van der Waals surface area contributed by atoms with Gasteiger partial charge in [-0.1, -0.05) is 25.1 Å². The van der Waals surface area contributed by atoms with Crippen molar-refractivity contribution in [2.24, 2.45) is 0 Å². The van der Waals surface area contributed by atoms with Gasteiger partial charge in [0.1, 0.15) is 0 Å². The first-order valence-electron chi connectivity index (χ1n) is 5.81. The van der Waals surface area contributed by atoms with Gasteiger partial charge in [0.05, 0.1) is 23.8 Å². The quantitative estimate of drug-likeness (QED) is 0.840. The zero-order chi connectivity index (χ0) is 12.1. The van der Waals surface area contributed by atoms with E-state index >= 15 is 0 Å². The Labute approximate surface area is 102 Å². The van der Waals surface area contributed by atoms with Crippen LogP contribution in [-0.2, 0) is 6.42 Å². The highest BCUT2D eigenvalue weighted by atomic mass is 14.9. The third kappa shape index (κ3) is 2.75. The molecule has 0 bridgehead atoms. The molecule has 3 heteroatoms. The van der Waals surface area contributed by atoms with Crippen LogP contribution in [0.1, 0.15) is 12.5 Å². The predicted molar refractivity (Wildman–Crippen MR) is 72.9 cm³/mol. The van der Waals surface area contributed by atoms with E-state index in [0.717, 1.165) is 23.5 Å². The molecule has 0 aliphatic heterocycles. The van der Waals surface area contributed by atoms with Crippen molar-refractivity contribution in [2.75, 3.05) is 17.7 Å². The Kier molecular flexibility index (Phi) is 3.60. The van der Waals surface area contributed by atoms with Gasteiger partial charge in [0, 0.05) is 12.7 Å². The van der Waals surface area contributed by atoms with Crippen LogP contribution in [0.4, 0.5) is 17.1 Å². The fourth-order valence-corrected chi connectivity index (χ4v) is 1.75. The van der Waals surface area contributed by atoms with Crippen molar-refractivity contribution in [3.05, 3.63) is 48.3 Å². The van der Waals surface area contributed by atoms with Gasteiger partial charge in [-0.2, -0.15) is 0 Å². The number of aromatic nitrogens is 1. The fraction of sp³-hybridized carbons (Fsp3) is 0.214. The molecule has 2 rings (SSSR count). The highest BCUT2D eigenvalue weighted by molar-refractivity contribution is 5.65. The Balaban J connectivity index is 2.24. The molecule has 0 spiro atoms. The Morgan fingerprint density at radius 2 is 1.88 bits per heavy atom. The van der Waals surface area contributed by atoms with Crippen LogP contribution in [0.25, 0.3) is 0 Å². The first-order chi connectivity index (χ1) is 8.33. The lowest BCUT2D eigenvalue weighted by Crippen LogP contribution is -1.97. The number of para-hydroxylation sites is 1. The minimum absolute atomic E-state index is 0.998. The second-order valence-electron chi connectivity index (χ2n) is 3.85. The zero-order valence-electron chi connectivity index (χ0n) is 10.2. The lowest BCUT2D eigenvalue weighted by molar-refractivity contribution is 1.14. The van der Waals surface area contributed by atoms with Crippen molar-refractivity contribution >= 4 is 17.1 Å². The molecule has 2 N–H and O–H groups in total. The van der Waals surface area contributed by atoms with Gasteiger partial charge in [-0.25, -0.2) is 0 Å². The molecule has 0 saturated heterocycles. The van der Waals surface area contributed by atoms with Gasteiger partial charge in [-0.15, -0.1) is 0 Å². The van der Waals surface area contributed by atoms with E-state index in [1.165, 1.54) is 5.56 Å². The second-order valence-corrected chi connectivity index (χ2v) is 3.85. The van der Waals surface area contributed by atoms with Crippen LogP contribution in [0, 0.1) is 0 Å². The number of hydrogen-bond donors (Lipinski definition) is 2. The van der Waals surface area contributed by atoms with E-state index < -0.39 is 0 Å². The molecule has 17 heavy (non-hydrogen) atoms. The Morgan fingerprint density at radius 3 is 2.65 bits per heavy atom. The monoisotopic (exact) mass is 227 g/mol. The number of nitrogens with one attached hydrogen (secondary N) is 2. The highest BCUT2D eigenvalue weighted by Gasteiger charge is 2.00. The van der Waals surface area contributed by atoms with Crippen molar-refractivity contribution < 1.29 is 0 Å². The largest absolute Gasteiger partial charge is 0.387 e.